The molecule has 0 spiro atoms. The molecule has 1 aliphatic rings. The van der Waals surface area contributed by atoms with Crippen LogP contribution in [0.15, 0.2) is 42.5 Å². The normalized spacial score (nSPS) is 14.5. The number of nitrogens with one attached hydrogen (secondary N) is 2. The molecule has 0 bridgehead atoms. The van der Waals surface area contributed by atoms with Gasteiger partial charge in [-0.25, -0.2) is 4.98 Å². The Bertz CT molecular complexity index is 1290. The molecule has 0 saturated carbocycles. The van der Waals surface area contributed by atoms with E-state index in [4.69, 9.17) is 5.73 Å². The van der Waals surface area contributed by atoms with Crippen molar-refractivity contribution in [3.8, 4) is 22.3 Å². The maximum absolute atomic E-state index is 12.7. The number of alkyl halides is 3. The molecule has 6 nitrogen and oxygen atoms in total. The molecule has 0 radical (unpaired) electrons. The third kappa shape index (κ3) is 6.19. The zero-order valence-electron chi connectivity index (χ0n) is 18.7. The van der Waals surface area contributed by atoms with Gasteiger partial charge in [0.15, 0.2) is 5.13 Å². The summed E-state index contributed by atoms with van der Waals surface area (Å²) in [6, 6.07) is 10.3. The van der Waals surface area contributed by atoms with Crippen molar-refractivity contribution in [2.75, 3.05) is 17.2 Å². The SMILES string of the molecule is CC(O)C#Cc1nc(NC[C@@H](N)Cc2ccc(C(F)(F)F)cc2)sc1-c1ccc2c(c1)CC(=O)N2. The van der Waals surface area contributed by atoms with Crippen LogP contribution in [0.3, 0.4) is 0 Å². The summed E-state index contributed by atoms with van der Waals surface area (Å²) in [6.07, 6.45) is -4.49. The molecular formula is C25H23F3N4O2S. The highest BCUT2D eigenvalue weighted by Gasteiger charge is 2.30. The minimum Gasteiger partial charge on any atom is -0.381 e. The Morgan fingerprint density at radius 3 is 2.69 bits per heavy atom. The zero-order valence-corrected chi connectivity index (χ0v) is 19.6. The van der Waals surface area contributed by atoms with Gasteiger partial charge >= 0.3 is 6.18 Å². The topological polar surface area (TPSA) is 100 Å². The summed E-state index contributed by atoms with van der Waals surface area (Å²) in [6.45, 7) is 1.91. The van der Waals surface area contributed by atoms with Crippen molar-refractivity contribution < 1.29 is 23.1 Å². The summed E-state index contributed by atoms with van der Waals surface area (Å²) >= 11 is 1.37. The number of fused-ring (bicyclic) bond motifs is 1. The largest absolute Gasteiger partial charge is 0.416 e. The van der Waals surface area contributed by atoms with Crippen LogP contribution in [0.1, 0.15) is 29.3 Å². The Morgan fingerprint density at radius 2 is 2.00 bits per heavy atom. The van der Waals surface area contributed by atoms with Crippen molar-refractivity contribution in [1.82, 2.24) is 4.98 Å². The van der Waals surface area contributed by atoms with Gasteiger partial charge in [-0.1, -0.05) is 35.5 Å². The van der Waals surface area contributed by atoms with E-state index in [2.05, 4.69) is 27.5 Å². The lowest BCUT2D eigenvalue weighted by Crippen LogP contribution is -2.31. The van der Waals surface area contributed by atoms with Crippen LogP contribution in [0.4, 0.5) is 24.0 Å². The van der Waals surface area contributed by atoms with Gasteiger partial charge in [0.2, 0.25) is 5.91 Å². The second kappa shape index (κ2) is 10.1. The number of aliphatic hydroxyl groups excluding tert-OH is 1. The molecule has 2 aromatic carbocycles. The van der Waals surface area contributed by atoms with Crippen LogP contribution in [0.25, 0.3) is 10.4 Å². The second-order valence-corrected chi connectivity index (χ2v) is 9.28. The predicted octanol–water partition coefficient (Wildman–Crippen LogP) is 4.04. The first-order valence-electron chi connectivity index (χ1n) is 10.9. The smallest absolute Gasteiger partial charge is 0.381 e. The summed E-state index contributed by atoms with van der Waals surface area (Å²) in [5.41, 5.74) is 9.24. The number of rotatable bonds is 6. The fourth-order valence-electron chi connectivity index (χ4n) is 3.64. The van der Waals surface area contributed by atoms with E-state index in [9.17, 15) is 23.1 Å². The van der Waals surface area contributed by atoms with E-state index >= 15 is 0 Å². The van der Waals surface area contributed by atoms with Crippen LogP contribution in [0, 0.1) is 11.8 Å². The minimum absolute atomic E-state index is 0.0556. The Balaban J connectivity index is 1.48. The Morgan fingerprint density at radius 1 is 1.26 bits per heavy atom. The molecule has 0 aliphatic carbocycles. The van der Waals surface area contributed by atoms with Crippen LogP contribution in [-0.2, 0) is 23.8 Å². The highest BCUT2D eigenvalue weighted by Crippen LogP contribution is 2.36. The van der Waals surface area contributed by atoms with Crippen molar-refractivity contribution >= 4 is 28.1 Å². The van der Waals surface area contributed by atoms with E-state index in [1.807, 2.05) is 18.2 Å². The van der Waals surface area contributed by atoms with E-state index in [1.165, 1.54) is 23.5 Å². The Kier molecular flexibility index (Phi) is 7.12. The van der Waals surface area contributed by atoms with Gasteiger partial charge in [0.25, 0.3) is 0 Å². The molecule has 1 aliphatic heterocycles. The summed E-state index contributed by atoms with van der Waals surface area (Å²) in [5.74, 6) is 5.56. The number of benzene rings is 2. The molecule has 1 aromatic heterocycles. The lowest BCUT2D eigenvalue weighted by molar-refractivity contribution is -0.137. The first-order valence-corrected chi connectivity index (χ1v) is 11.7. The van der Waals surface area contributed by atoms with E-state index < -0.39 is 17.8 Å². The fourth-order valence-corrected chi connectivity index (χ4v) is 4.57. The zero-order chi connectivity index (χ0) is 25.2. The molecule has 2 atom stereocenters. The lowest BCUT2D eigenvalue weighted by atomic mass is 10.0. The van der Waals surface area contributed by atoms with Crippen molar-refractivity contribution in [3.05, 3.63) is 64.8 Å². The van der Waals surface area contributed by atoms with Gasteiger partial charge in [0, 0.05) is 18.3 Å². The molecule has 4 rings (SSSR count). The molecule has 182 valence electrons. The number of nitrogens with two attached hydrogens (primary N) is 1. The molecule has 1 unspecified atom stereocenters. The van der Waals surface area contributed by atoms with E-state index in [0.717, 1.165) is 33.8 Å². The van der Waals surface area contributed by atoms with Gasteiger partial charge in [0.05, 0.1) is 16.9 Å². The van der Waals surface area contributed by atoms with Gasteiger partial charge in [-0.15, -0.1) is 0 Å². The maximum atomic E-state index is 12.7. The fraction of sp³-hybridized carbons (Fsp3) is 0.280. The molecule has 3 aromatic rings. The minimum atomic E-state index is -4.37. The quantitative estimate of drug-likeness (QED) is 0.383. The standard InChI is InChI=1S/C25H23F3N4O2S/c1-14(33)2-8-21-23(16-5-9-20-17(11-16)12-22(34)31-20)35-24(32-21)30-13-19(29)10-15-3-6-18(7-4-15)25(26,27)28/h3-7,9,11,14,19,33H,10,12-13,29H2,1H3,(H,30,32)(H,31,34)/t14?,19-/m0/s1. The molecule has 0 fully saturated rings. The summed E-state index contributed by atoms with van der Waals surface area (Å²) in [7, 11) is 0. The third-order valence-electron chi connectivity index (χ3n) is 5.31. The Labute approximate surface area is 204 Å². The molecular weight excluding hydrogens is 477 g/mol. The van der Waals surface area contributed by atoms with Crippen LogP contribution in [0.2, 0.25) is 0 Å². The van der Waals surface area contributed by atoms with Gasteiger partial charge in [-0.3, -0.25) is 4.79 Å². The van der Waals surface area contributed by atoms with Crippen molar-refractivity contribution in [2.24, 2.45) is 5.73 Å². The molecule has 1 amide bonds. The molecule has 35 heavy (non-hydrogen) atoms. The second-order valence-electron chi connectivity index (χ2n) is 8.28. The molecule has 5 N–H and O–H groups in total. The monoisotopic (exact) mass is 500 g/mol. The predicted molar refractivity (Wildman–Crippen MR) is 130 cm³/mol. The van der Waals surface area contributed by atoms with Crippen molar-refractivity contribution in [3.63, 3.8) is 0 Å². The van der Waals surface area contributed by atoms with Crippen molar-refractivity contribution in [1.29, 1.82) is 0 Å². The van der Waals surface area contributed by atoms with Crippen LogP contribution >= 0.6 is 11.3 Å². The molecule has 10 heteroatoms. The lowest BCUT2D eigenvalue weighted by Gasteiger charge is -2.13. The van der Waals surface area contributed by atoms with Gasteiger partial charge in [-0.05, 0) is 60.2 Å². The molecule has 2 heterocycles. The third-order valence-corrected chi connectivity index (χ3v) is 6.38. The summed E-state index contributed by atoms with van der Waals surface area (Å²) < 4.78 is 38.2. The first-order chi connectivity index (χ1) is 16.6. The summed E-state index contributed by atoms with van der Waals surface area (Å²) in [4.78, 5) is 17.0. The van der Waals surface area contributed by atoms with Gasteiger partial charge in [-0.2, -0.15) is 13.2 Å². The number of amides is 1. The number of hydrogen-bond donors (Lipinski definition) is 4. The highest BCUT2D eigenvalue weighted by atomic mass is 32.1. The number of carbonyl (C=O) groups is 1. The number of hydrogen-bond acceptors (Lipinski definition) is 6. The van der Waals surface area contributed by atoms with Crippen LogP contribution < -0.4 is 16.4 Å². The number of thiazole rings is 1. The number of aliphatic hydroxyl groups is 1. The average molecular weight is 501 g/mol. The Hall–Kier alpha value is -3.39. The average Bonchev–Trinajstić information content (AvgIpc) is 3.37. The van der Waals surface area contributed by atoms with Gasteiger partial charge < -0.3 is 21.5 Å². The van der Waals surface area contributed by atoms with E-state index in [0.29, 0.717) is 35.8 Å². The van der Waals surface area contributed by atoms with E-state index in [-0.39, 0.29) is 11.9 Å². The number of aromatic nitrogens is 1. The molecule has 0 saturated heterocycles. The first kappa shape index (κ1) is 24.7. The number of carbonyl (C=O) groups excluding carboxylic acids is 1. The van der Waals surface area contributed by atoms with Crippen LogP contribution in [-0.4, -0.2) is 34.7 Å². The number of anilines is 2. The van der Waals surface area contributed by atoms with Crippen LogP contribution in [0.5, 0.6) is 0 Å². The van der Waals surface area contributed by atoms with Crippen molar-refractivity contribution in [2.45, 2.75) is 38.1 Å². The summed E-state index contributed by atoms with van der Waals surface area (Å²) in [5, 5.41) is 16.1. The highest BCUT2D eigenvalue weighted by molar-refractivity contribution is 7.19. The number of halogens is 3. The van der Waals surface area contributed by atoms with Gasteiger partial charge in [0.1, 0.15) is 11.8 Å². The van der Waals surface area contributed by atoms with E-state index in [1.54, 1.807) is 6.92 Å². The number of nitrogens with zero attached hydrogens (tertiary/aromatic N) is 1. The maximum Gasteiger partial charge on any atom is 0.416 e.